The molecule has 0 aliphatic carbocycles. The predicted molar refractivity (Wildman–Crippen MR) is 61.5 cm³/mol. The molecule has 1 aromatic rings. The minimum atomic E-state index is -0.558. The van der Waals surface area contributed by atoms with Crippen molar-refractivity contribution in [3.05, 3.63) is 39.4 Å². The molecule has 0 heterocycles. The fraction of sp³-hybridized carbons (Fsp3) is 0.364. The minimum absolute atomic E-state index is 0.0505. The smallest absolute Gasteiger partial charge is 0.258 e. The Hall–Kier alpha value is -1.60. The molecule has 0 saturated heterocycles. The number of hydrogen-bond donors (Lipinski definition) is 0. The van der Waals surface area contributed by atoms with E-state index in [0.29, 0.717) is 0 Å². The summed E-state index contributed by atoms with van der Waals surface area (Å²) in [7, 11) is 0. The van der Waals surface area contributed by atoms with Crippen LogP contribution in [0.15, 0.2) is 18.2 Å². The first-order chi connectivity index (χ1) is 7.47. The topological polar surface area (TPSA) is 66.9 Å². The van der Waals surface area contributed by atoms with Crippen molar-refractivity contribution in [1.29, 1.82) is 5.26 Å². The fourth-order valence-corrected chi connectivity index (χ4v) is 1.50. The molecule has 84 valence electrons. The summed E-state index contributed by atoms with van der Waals surface area (Å²) < 4.78 is 0. The Morgan fingerprint density at radius 2 is 2.12 bits per heavy atom. The van der Waals surface area contributed by atoms with E-state index in [1.165, 1.54) is 12.1 Å². The molecule has 0 spiro atoms. The Morgan fingerprint density at radius 3 is 2.56 bits per heavy atom. The Morgan fingerprint density at radius 1 is 1.50 bits per heavy atom. The number of nitrogens with zero attached hydrogens (tertiary/aromatic N) is 2. The lowest BCUT2D eigenvalue weighted by Gasteiger charge is -2.14. The van der Waals surface area contributed by atoms with Crippen LogP contribution in [0, 0.1) is 21.4 Å². The van der Waals surface area contributed by atoms with Crippen LogP contribution in [-0.4, -0.2) is 10.3 Å². The quantitative estimate of drug-likeness (QED) is 0.461. The number of nitro groups is 1. The van der Waals surface area contributed by atoms with Crippen LogP contribution in [0.5, 0.6) is 0 Å². The predicted octanol–water partition coefficient (Wildman–Crippen LogP) is 3.20. The van der Waals surface area contributed by atoms with Crippen molar-refractivity contribution in [2.75, 3.05) is 0 Å². The molecule has 0 amide bonds. The highest BCUT2D eigenvalue weighted by Gasteiger charge is 2.18. The molecule has 4 nitrogen and oxygen atoms in total. The van der Waals surface area contributed by atoms with E-state index in [1.54, 1.807) is 6.07 Å². The molecule has 2 unspecified atom stereocenters. The maximum absolute atomic E-state index is 10.6. The number of nitro benzene ring substituents is 1. The maximum Gasteiger partial charge on any atom is 0.287 e. The Labute approximate surface area is 98.6 Å². The van der Waals surface area contributed by atoms with Crippen LogP contribution >= 0.6 is 11.6 Å². The van der Waals surface area contributed by atoms with Gasteiger partial charge in [0.25, 0.3) is 5.69 Å². The van der Waals surface area contributed by atoms with E-state index < -0.39 is 4.92 Å². The zero-order valence-corrected chi connectivity index (χ0v) is 9.73. The van der Waals surface area contributed by atoms with E-state index in [2.05, 4.69) is 0 Å². The van der Waals surface area contributed by atoms with Crippen LogP contribution in [0.25, 0.3) is 0 Å². The number of halogens is 1. The summed E-state index contributed by atoms with van der Waals surface area (Å²) in [6.07, 6.45) is 0. The van der Waals surface area contributed by atoms with E-state index in [4.69, 9.17) is 16.9 Å². The van der Waals surface area contributed by atoms with Gasteiger partial charge in [-0.2, -0.15) is 5.26 Å². The number of rotatable bonds is 3. The van der Waals surface area contributed by atoms with E-state index in [1.807, 2.05) is 19.9 Å². The summed E-state index contributed by atoms with van der Waals surface area (Å²) >= 11 is 5.94. The van der Waals surface area contributed by atoms with Crippen LogP contribution < -0.4 is 0 Å². The Balaban J connectivity index is 3.20. The summed E-state index contributed by atoms with van der Waals surface area (Å²) in [6.45, 7) is 3.76. The van der Waals surface area contributed by atoms with Crippen LogP contribution in [0.3, 0.4) is 0 Å². The largest absolute Gasteiger partial charge is 0.287 e. The molecule has 5 heteroatoms. The van der Waals surface area contributed by atoms with Gasteiger partial charge in [0.2, 0.25) is 0 Å². The SMILES string of the molecule is CC(Cl)C(C)c1ccc([N+](=O)[O-])c(C#N)c1. The summed E-state index contributed by atoms with van der Waals surface area (Å²) in [4.78, 5) is 10.1. The lowest BCUT2D eigenvalue weighted by Crippen LogP contribution is -2.05. The molecule has 1 aromatic carbocycles. The Kier molecular flexibility index (Phi) is 3.86. The van der Waals surface area contributed by atoms with Crippen molar-refractivity contribution >= 4 is 17.3 Å². The highest BCUT2D eigenvalue weighted by atomic mass is 35.5. The van der Waals surface area contributed by atoms with Gasteiger partial charge in [0.15, 0.2) is 0 Å². The standard InChI is InChI=1S/C11H11ClN2O2/c1-7(8(2)12)9-3-4-11(14(15)16)10(5-9)6-13/h3-5,7-8H,1-2H3. The molecular formula is C11H11ClN2O2. The van der Waals surface area contributed by atoms with Gasteiger partial charge in [-0.05, 0) is 24.5 Å². The van der Waals surface area contributed by atoms with E-state index in [9.17, 15) is 10.1 Å². The van der Waals surface area contributed by atoms with E-state index >= 15 is 0 Å². The summed E-state index contributed by atoms with van der Waals surface area (Å²) in [5.41, 5.74) is 0.747. The van der Waals surface area contributed by atoms with Crippen molar-refractivity contribution in [2.24, 2.45) is 0 Å². The first-order valence-corrected chi connectivity index (χ1v) is 5.23. The molecule has 1 rings (SSSR count). The molecule has 0 aliphatic rings. The third-order valence-corrected chi connectivity index (χ3v) is 2.93. The highest BCUT2D eigenvalue weighted by molar-refractivity contribution is 6.20. The average molecular weight is 239 g/mol. The van der Waals surface area contributed by atoms with Crippen LogP contribution in [0.4, 0.5) is 5.69 Å². The number of nitriles is 1. The molecule has 0 aromatic heterocycles. The second-order valence-corrected chi connectivity index (χ2v) is 4.30. The van der Waals surface area contributed by atoms with E-state index in [-0.39, 0.29) is 22.5 Å². The third-order valence-electron chi connectivity index (χ3n) is 2.55. The molecule has 16 heavy (non-hydrogen) atoms. The average Bonchev–Trinajstić information content (AvgIpc) is 2.26. The second-order valence-electron chi connectivity index (χ2n) is 3.61. The van der Waals surface area contributed by atoms with Crippen LogP contribution in [0.1, 0.15) is 30.9 Å². The summed E-state index contributed by atoms with van der Waals surface area (Å²) in [5.74, 6) is 0.0505. The van der Waals surface area contributed by atoms with Crippen LogP contribution in [0.2, 0.25) is 0 Å². The minimum Gasteiger partial charge on any atom is -0.258 e. The third kappa shape index (κ3) is 2.50. The molecule has 0 saturated carbocycles. The molecule has 0 aliphatic heterocycles. The van der Waals surface area contributed by atoms with Gasteiger partial charge in [-0.25, -0.2) is 0 Å². The molecule has 0 radical (unpaired) electrons. The first-order valence-electron chi connectivity index (χ1n) is 4.80. The normalized spacial score (nSPS) is 13.9. The van der Waals surface area contributed by atoms with Crippen molar-refractivity contribution < 1.29 is 4.92 Å². The number of hydrogen-bond acceptors (Lipinski definition) is 3. The zero-order chi connectivity index (χ0) is 12.3. The Bertz CT molecular complexity index is 452. The van der Waals surface area contributed by atoms with Gasteiger partial charge in [-0.15, -0.1) is 11.6 Å². The van der Waals surface area contributed by atoms with Gasteiger partial charge in [0, 0.05) is 11.4 Å². The van der Waals surface area contributed by atoms with Gasteiger partial charge < -0.3 is 0 Å². The van der Waals surface area contributed by atoms with E-state index in [0.717, 1.165) is 5.56 Å². The lowest BCUT2D eigenvalue weighted by atomic mass is 9.96. The van der Waals surface area contributed by atoms with Gasteiger partial charge in [0.05, 0.1) is 4.92 Å². The maximum atomic E-state index is 10.6. The zero-order valence-electron chi connectivity index (χ0n) is 8.98. The van der Waals surface area contributed by atoms with Crippen molar-refractivity contribution in [2.45, 2.75) is 25.1 Å². The van der Waals surface area contributed by atoms with Crippen molar-refractivity contribution in [1.82, 2.24) is 0 Å². The van der Waals surface area contributed by atoms with Crippen LogP contribution in [-0.2, 0) is 0 Å². The highest BCUT2D eigenvalue weighted by Crippen LogP contribution is 2.27. The summed E-state index contributed by atoms with van der Waals surface area (Å²) in [6, 6.07) is 6.35. The van der Waals surface area contributed by atoms with Crippen molar-refractivity contribution in [3.8, 4) is 6.07 Å². The molecule has 0 N–H and O–H groups in total. The number of benzene rings is 1. The monoisotopic (exact) mass is 238 g/mol. The van der Waals surface area contributed by atoms with Gasteiger partial charge in [0.1, 0.15) is 11.6 Å². The molecule has 0 bridgehead atoms. The fourth-order valence-electron chi connectivity index (χ4n) is 1.35. The summed E-state index contributed by atoms with van der Waals surface area (Å²) in [5, 5.41) is 19.4. The molecule has 0 fully saturated rings. The van der Waals surface area contributed by atoms with Gasteiger partial charge in [-0.3, -0.25) is 10.1 Å². The second kappa shape index (κ2) is 4.95. The number of alkyl halides is 1. The van der Waals surface area contributed by atoms with Crippen molar-refractivity contribution in [3.63, 3.8) is 0 Å². The lowest BCUT2D eigenvalue weighted by molar-refractivity contribution is -0.385. The molecule has 2 atom stereocenters. The van der Waals surface area contributed by atoms with Gasteiger partial charge in [-0.1, -0.05) is 13.0 Å². The molecular weight excluding hydrogens is 228 g/mol. The van der Waals surface area contributed by atoms with Gasteiger partial charge >= 0.3 is 0 Å². The first kappa shape index (κ1) is 12.5.